The fourth-order valence-electron chi connectivity index (χ4n) is 1.31. The van der Waals surface area contributed by atoms with E-state index in [4.69, 9.17) is 27.2 Å². The van der Waals surface area contributed by atoms with E-state index in [1.54, 1.807) is 6.07 Å². The molecular weight excluding hydrogens is 334 g/mol. The summed E-state index contributed by atoms with van der Waals surface area (Å²) in [5.74, 6) is -2.24. The Balaban J connectivity index is 0.000000386. The fourth-order valence-corrected chi connectivity index (χ4v) is 1.31. The summed E-state index contributed by atoms with van der Waals surface area (Å²) < 4.78 is 0. The predicted octanol–water partition coefficient (Wildman–Crippen LogP) is 2.76. The van der Waals surface area contributed by atoms with Crippen molar-refractivity contribution in [3.63, 3.8) is 0 Å². The third kappa shape index (κ3) is 2.42. The van der Waals surface area contributed by atoms with Crippen LogP contribution >= 0.6 is 17.0 Å². The van der Waals surface area contributed by atoms with Gasteiger partial charge in [-0.3, -0.25) is 0 Å². The molecular formula is C9H7Cl2O4Zr-. The zero-order valence-corrected chi connectivity index (χ0v) is 11.7. The fraction of sp³-hybridized carbons (Fsp3) is 0. The average Bonchev–Trinajstić information content (AvgIpc) is 2.73. The summed E-state index contributed by atoms with van der Waals surface area (Å²) in [5.41, 5.74) is 0. The first-order valence-electron chi connectivity index (χ1n) is 4.02. The summed E-state index contributed by atoms with van der Waals surface area (Å²) in [5, 5.41) is 37.6. The van der Waals surface area contributed by atoms with Gasteiger partial charge in [0.1, 0.15) is 5.75 Å². The van der Waals surface area contributed by atoms with Crippen LogP contribution in [0.2, 0.25) is 0 Å². The van der Waals surface area contributed by atoms with Crippen LogP contribution < -0.4 is 0 Å². The normalized spacial score (nSPS) is 9.62. The third-order valence-corrected chi connectivity index (χ3v) is 2.00. The van der Waals surface area contributed by atoms with E-state index < -0.39 is 43.8 Å². The topological polar surface area (TPSA) is 80.9 Å². The molecule has 0 aliphatic carbocycles. The SMILES string of the molecule is Oc1c(O)c(O)c2[cH-]ccc2c1O.[Cl][Zr][Cl]. The molecule has 0 saturated carbocycles. The van der Waals surface area contributed by atoms with E-state index in [0.29, 0.717) is 10.8 Å². The minimum atomic E-state index is -0.826. The number of halogens is 2. The molecule has 4 nitrogen and oxygen atoms in total. The van der Waals surface area contributed by atoms with Crippen LogP contribution in [0.1, 0.15) is 0 Å². The van der Waals surface area contributed by atoms with Gasteiger partial charge in [-0.2, -0.15) is 12.1 Å². The molecule has 0 fully saturated rings. The molecule has 0 radical (unpaired) electrons. The molecule has 0 saturated heterocycles. The molecule has 4 N–H and O–H groups in total. The molecule has 86 valence electrons. The van der Waals surface area contributed by atoms with Crippen LogP contribution in [0.4, 0.5) is 0 Å². The van der Waals surface area contributed by atoms with Crippen molar-refractivity contribution in [1.82, 2.24) is 0 Å². The van der Waals surface area contributed by atoms with Crippen molar-refractivity contribution in [2.24, 2.45) is 0 Å². The molecule has 0 amide bonds. The second-order valence-corrected chi connectivity index (χ2v) is 6.55. The van der Waals surface area contributed by atoms with Crippen molar-refractivity contribution in [2.45, 2.75) is 0 Å². The van der Waals surface area contributed by atoms with Gasteiger partial charge in [0, 0.05) is 0 Å². The molecule has 16 heavy (non-hydrogen) atoms. The molecule has 0 aromatic heterocycles. The summed E-state index contributed by atoms with van der Waals surface area (Å²) in [6.45, 7) is 0. The van der Waals surface area contributed by atoms with Crippen molar-refractivity contribution in [2.75, 3.05) is 0 Å². The molecule has 0 aliphatic heterocycles. The van der Waals surface area contributed by atoms with Crippen LogP contribution in [-0.2, 0) is 20.8 Å². The molecule has 7 heteroatoms. The van der Waals surface area contributed by atoms with Gasteiger partial charge in [-0.25, -0.2) is 0 Å². The van der Waals surface area contributed by atoms with Gasteiger partial charge in [0.25, 0.3) is 0 Å². The van der Waals surface area contributed by atoms with Gasteiger partial charge in [-0.05, 0) is 0 Å². The Morgan fingerprint density at radius 3 is 2.00 bits per heavy atom. The van der Waals surface area contributed by atoms with Gasteiger partial charge >= 0.3 is 37.9 Å². The molecule has 0 bridgehead atoms. The first kappa shape index (κ1) is 13.6. The zero-order valence-electron chi connectivity index (χ0n) is 7.78. The van der Waals surface area contributed by atoms with E-state index in [-0.39, 0.29) is 0 Å². The molecule has 0 heterocycles. The summed E-state index contributed by atoms with van der Waals surface area (Å²) in [4.78, 5) is 0. The standard InChI is InChI=1S/C9H7O4.2ClH.Zr/c10-6-4-2-1-3-5(4)7(11)9(13)8(6)12;;;/h1-3,10-13H;2*1H;/q-1;;;+2/p-2. The van der Waals surface area contributed by atoms with E-state index >= 15 is 0 Å². The maximum atomic E-state index is 9.33. The van der Waals surface area contributed by atoms with Crippen molar-refractivity contribution in [3.05, 3.63) is 18.2 Å². The summed E-state index contributed by atoms with van der Waals surface area (Å²) in [6.07, 6.45) is 0. The second kappa shape index (κ2) is 5.71. The van der Waals surface area contributed by atoms with E-state index in [0.717, 1.165) is 0 Å². The number of rotatable bonds is 0. The number of hydrogen-bond donors (Lipinski definition) is 4. The maximum absolute atomic E-state index is 9.33. The van der Waals surface area contributed by atoms with Crippen LogP contribution in [0.25, 0.3) is 10.8 Å². The first-order valence-corrected chi connectivity index (χ1v) is 10.3. The van der Waals surface area contributed by atoms with Crippen molar-refractivity contribution < 1.29 is 41.3 Å². The van der Waals surface area contributed by atoms with Gasteiger partial charge in [0.2, 0.25) is 0 Å². The number of hydrogen-bond acceptors (Lipinski definition) is 4. The Bertz CT molecular complexity index is 456. The molecule has 0 spiro atoms. The Hall–Kier alpha value is -0.507. The average molecular weight is 341 g/mol. The van der Waals surface area contributed by atoms with Crippen molar-refractivity contribution >= 4 is 27.8 Å². The summed E-state index contributed by atoms with van der Waals surface area (Å²) in [7, 11) is 9.87. The van der Waals surface area contributed by atoms with Crippen LogP contribution in [0.5, 0.6) is 23.0 Å². The zero-order chi connectivity index (χ0) is 12.3. The Morgan fingerprint density at radius 1 is 0.938 bits per heavy atom. The number of phenols is 4. The molecule has 2 aromatic carbocycles. The van der Waals surface area contributed by atoms with Crippen molar-refractivity contribution in [3.8, 4) is 23.0 Å². The Kier molecular flexibility index (Phi) is 4.84. The van der Waals surface area contributed by atoms with Gasteiger partial charge in [-0.1, -0.05) is 5.39 Å². The number of benzene rings is 1. The van der Waals surface area contributed by atoms with Crippen LogP contribution in [0.15, 0.2) is 18.2 Å². The first-order chi connectivity index (χ1) is 7.54. The molecule has 0 atom stereocenters. The number of aromatic hydroxyl groups is 4. The Morgan fingerprint density at radius 2 is 1.44 bits per heavy atom. The van der Waals surface area contributed by atoms with Gasteiger partial charge in [-0.15, -0.1) is 11.5 Å². The number of fused-ring (bicyclic) bond motifs is 1. The predicted molar refractivity (Wildman–Crippen MR) is 57.9 cm³/mol. The Labute approximate surface area is 110 Å². The van der Waals surface area contributed by atoms with Crippen LogP contribution in [0, 0.1) is 0 Å². The summed E-state index contributed by atoms with van der Waals surface area (Å²) in [6, 6.07) is 4.66. The molecule has 2 aromatic rings. The van der Waals surface area contributed by atoms with E-state index in [9.17, 15) is 10.2 Å². The van der Waals surface area contributed by atoms with E-state index in [1.165, 1.54) is 12.1 Å². The molecule has 2 rings (SSSR count). The third-order valence-electron chi connectivity index (χ3n) is 2.00. The number of phenolic OH excluding ortho intramolecular Hbond substituents is 4. The van der Waals surface area contributed by atoms with Crippen molar-refractivity contribution in [1.29, 1.82) is 0 Å². The van der Waals surface area contributed by atoms with Gasteiger partial charge in [0.15, 0.2) is 11.5 Å². The van der Waals surface area contributed by atoms with E-state index in [2.05, 4.69) is 0 Å². The second-order valence-electron chi connectivity index (χ2n) is 2.82. The minimum absolute atomic E-state index is 0.313. The summed E-state index contributed by atoms with van der Waals surface area (Å²) >= 11 is -0.826. The quantitative estimate of drug-likeness (QED) is 0.337. The van der Waals surface area contributed by atoms with Gasteiger partial charge < -0.3 is 20.4 Å². The monoisotopic (exact) mass is 339 g/mol. The molecule has 0 unspecified atom stereocenters. The van der Waals surface area contributed by atoms with Crippen LogP contribution in [0.3, 0.4) is 0 Å². The van der Waals surface area contributed by atoms with E-state index in [1.807, 2.05) is 0 Å². The molecule has 0 aliphatic rings. The van der Waals surface area contributed by atoms with Gasteiger partial charge in [0.05, 0.1) is 5.75 Å². The van der Waals surface area contributed by atoms with Crippen LogP contribution in [-0.4, -0.2) is 20.4 Å².